The predicted octanol–water partition coefficient (Wildman–Crippen LogP) is 3.84. The minimum absolute atomic E-state index is 0.0149. The van der Waals surface area contributed by atoms with Gasteiger partial charge < -0.3 is 4.74 Å². The number of rotatable bonds is 7. The first-order valence-corrected chi connectivity index (χ1v) is 7.03. The van der Waals surface area contributed by atoms with E-state index in [-0.39, 0.29) is 5.70 Å². The molecule has 1 rings (SSSR count). The van der Waals surface area contributed by atoms with Gasteiger partial charge in [-0.15, -0.1) is 0 Å². The standard InChI is InChI=1S/C16H21NO4/c1-4-5-6-7-13-8-9-14(10-12(2)17(19)20)15(11-13)16(18)21-3/h8-11H,4-7H2,1-3H3. The molecule has 21 heavy (non-hydrogen) atoms. The van der Waals surface area contributed by atoms with E-state index in [0.717, 1.165) is 31.2 Å². The third kappa shape index (κ3) is 5.02. The fourth-order valence-electron chi connectivity index (χ4n) is 2.03. The fraction of sp³-hybridized carbons (Fsp3) is 0.438. The van der Waals surface area contributed by atoms with Gasteiger partial charge in [0.05, 0.1) is 17.6 Å². The number of benzene rings is 1. The number of methoxy groups -OCH3 is 1. The molecule has 0 aliphatic carbocycles. The van der Waals surface area contributed by atoms with E-state index in [0.29, 0.717) is 11.1 Å². The Hall–Kier alpha value is -2.17. The summed E-state index contributed by atoms with van der Waals surface area (Å²) in [6.07, 6.45) is 5.60. The van der Waals surface area contributed by atoms with Crippen LogP contribution in [0, 0.1) is 10.1 Å². The third-order valence-electron chi connectivity index (χ3n) is 3.24. The first-order chi connectivity index (χ1) is 9.99. The van der Waals surface area contributed by atoms with Crippen LogP contribution >= 0.6 is 0 Å². The van der Waals surface area contributed by atoms with Crippen molar-refractivity contribution in [1.29, 1.82) is 0 Å². The quantitative estimate of drug-likeness (QED) is 0.331. The predicted molar refractivity (Wildman–Crippen MR) is 81.7 cm³/mol. The number of allylic oxidation sites excluding steroid dienone is 1. The summed E-state index contributed by atoms with van der Waals surface area (Å²) in [5.41, 5.74) is 1.90. The van der Waals surface area contributed by atoms with Gasteiger partial charge in [0.25, 0.3) is 0 Å². The maximum Gasteiger partial charge on any atom is 0.338 e. The van der Waals surface area contributed by atoms with Crippen molar-refractivity contribution >= 4 is 12.0 Å². The Labute approximate surface area is 124 Å². The number of nitrogens with zero attached hydrogens (tertiary/aromatic N) is 1. The summed E-state index contributed by atoms with van der Waals surface area (Å²) in [5.74, 6) is -0.477. The average Bonchev–Trinajstić information content (AvgIpc) is 2.47. The molecule has 5 heteroatoms. The van der Waals surface area contributed by atoms with E-state index in [9.17, 15) is 14.9 Å². The molecule has 0 radical (unpaired) electrons. The van der Waals surface area contributed by atoms with Crippen molar-refractivity contribution in [3.8, 4) is 0 Å². The monoisotopic (exact) mass is 291 g/mol. The summed E-state index contributed by atoms with van der Waals surface area (Å²) in [6.45, 7) is 3.53. The second-order valence-corrected chi connectivity index (χ2v) is 4.91. The molecule has 1 aromatic carbocycles. The highest BCUT2D eigenvalue weighted by atomic mass is 16.6. The molecule has 0 N–H and O–H groups in total. The van der Waals surface area contributed by atoms with Crippen molar-refractivity contribution in [3.05, 3.63) is 50.7 Å². The largest absolute Gasteiger partial charge is 0.465 e. The Morgan fingerprint density at radius 3 is 2.67 bits per heavy atom. The van der Waals surface area contributed by atoms with Gasteiger partial charge in [0, 0.05) is 13.0 Å². The van der Waals surface area contributed by atoms with Gasteiger partial charge in [-0.2, -0.15) is 0 Å². The smallest absolute Gasteiger partial charge is 0.338 e. The van der Waals surface area contributed by atoms with Crippen LogP contribution in [0.15, 0.2) is 23.9 Å². The van der Waals surface area contributed by atoms with E-state index in [1.165, 1.54) is 20.1 Å². The fourth-order valence-corrected chi connectivity index (χ4v) is 2.03. The lowest BCUT2D eigenvalue weighted by Gasteiger charge is -2.08. The number of carbonyl (C=O) groups is 1. The highest BCUT2D eigenvalue weighted by Gasteiger charge is 2.13. The van der Waals surface area contributed by atoms with E-state index in [1.807, 2.05) is 6.07 Å². The van der Waals surface area contributed by atoms with Crippen molar-refractivity contribution in [2.24, 2.45) is 0 Å². The first kappa shape index (κ1) is 16.9. The van der Waals surface area contributed by atoms with Crippen LogP contribution < -0.4 is 0 Å². The highest BCUT2D eigenvalue weighted by Crippen LogP contribution is 2.18. The van der Waals surface area contributed by atoms with Crippen molar-refractivity contribution < 1.29 is 14.5 Å². The maximum atomic E-state index is 11.8. The van der Waals surface area contributed by atoms with Crippen LogP contribution in [0.4, 0.5) is 0 Å². The Balaban J connectivity index is 3.11. The van der Waals surface area contributed by atoms with Crippen LogP contribution in [0.25, 0.3) is 6.08 Å². The molecule has 5 nitrogen and oxygen atoms in total. The Morgan fingerprint density at radius 1 is 1.38 bits per heavy atom. The van der Waals surface area contributed by atoms with Gasteiger partial charge in [-0.1, -0.05) is 31.9 Å². The summed E-state index contributed by atoms with van der Waals surface area (Å²) in [5, 5.41) is 10.7. The molecule has 0 amide bonds. The molecule has 0 heterocycles. The van der Waals surface area contributed by atoms with Gasteiger partial charge in [0.2, 0.25) is 5.70 Å². The molecule has 0 saturated heterocycles. The van der Waals surface area contributed by atoms with Crippen molar-refractivity contribution in [3.63, 3.8) is 0 Å². The van der Waals surface area contributed by atoms with E-state index in [2.05, 4.69) is 6.92 Å². The summed E-state index contributed by atoms with van der Waals surface area (Å²) in [4.78, 5) is 22.1. The second-order valence-electron chi connectivity index (χ2n) is 4.91. The lowest BCUT2D eigenvalue weighted by molar-refractivity contribution is -0.422. The molecule has 0 aliphatic heterocycles. The van der Waals surface area contributed by atoms with Gasteiger partial charge in [-0.3, -0.25) is 10.1 Å². The van der Waals surface area contributed by atoms with Crippen LogP contribution in [-0.4, -0.2) is 18.0 Å². The zero-order valence-corrected chi connectivity index (χ0v) is 12.7. The van der Waals surface area contributed by atoms with Crippen molar-refractivity contribution in [2.45, 2.75) is 39.5 Å². The number of nitro groups is 1. The van der Waals surface area contributed by atoms with Gasteiger partial charge in [-0.25, -0.2) is 4.79 Å². The number of esters is 1. The number of aryl methyl sites for hydroxylation is 1. The van der Waals surface area contributed by atoms with E-state index >= 15 is 0 Å². The van der Waals surface area contributed by atoms with Crippen LogP contribution in [0.5, 0.6) is 0 Å². The Morgan fingerprint density at radius 2 is 2.10 bits per heavy atom. The lowest BCUT2D eigenvalue weighted by Crippen LogP contribution is -2.05. The van der Waals surface area contributed by atoms with Crippen molar-refractivity contribution in [2.75, 3.05) is 7.11 Å². The molecule has 0 atom stereocenters. The maximum absolute atomic E-state index is 11.8. The van der Waals surface area contributed by atoms with E-state index < -0.39 is 10.9 Å². The Kier molecular flexibility index (Phi) is 6.59. The molecule has 114 valence electrons. The average molecular weight is 291 g/mol. The summed E-state index contributed by atoms with van der Waals surface area (Å²) in [7, 11) is 1.31. The number of unbranched alkanes of at least 4 members (excludes halogenated alkanes) is 2. The van der Waals surface area contributed by atoms with Gasteiger partial charge in [-0.05, 0) is 30.0 Å². The molecule has 0 aliphatic rings. The molecule has 0 saturated carbocycles. The second kappa shape index (κ2) is 8.19. The molecule has 0 spiro atoms. The third-order valence-corrected chi connectivity index (χ3v) is 3.24. The van der Waals surface area contributed by atoms with Crippen LogP contribution in [0.1, 0.15) is 54.6 Å². The summed E-state index contributed by atoms with van der Waals surface area (Å²) < 4.78 is 4.76. The number of ether oxygens (including phenoxy) is 1. The van der Waals surface area contributed by atoms with Crippen LogP contribution in [0.2, 0.25) is 0 Å². The van der Waals surface area contributed by atoms with Gasteiger partial charge in [0.15, 0.2) is 0 Å². The van der Waals surface area contributed by atoms with E-state index in [4.69, 9.17) is 4.74 Å². The topological polar surface area (TPSA) is 69.4 Å². The molecular formula is C16H21NO4. The minimum atomic E-state index is -0.477. The zero-order valence-electron chi connectivity index (χ0n) is 12.7. The SMILES string of the molecule is CCCCCc1ccc(C=C(C)[N+](=O)[O-])c(C(=O)OC)c1. The van der Waals surface area contributed by atoms with Crippen LogP contribution in [-0.2, 0) is 11.2 Å². The summed E-state index contributed by atoms with van der Waals surface area (Å²) in [6, 6.07) is 5.41. The number of hydrogen-bond donors (Lipinski definition) is 0. The molecule has 0 unspecified atom stereocenters. The highest BCUT2D eigenvalue weighted by molar-refractivity contribution is 5.93. The van der Waals surface area contributed by atoms with E-state index in [1.54, 1.807) is 12.1 Å². The van der Waals surface area contributed by atoms with Crippen molar-refractivity contribution in [1.82, 2.24) is 0 Å². The molecular weight excluding hydrogens is 270 g/mol. The minimum Gasteiger partial charge on any atom is -0.465 e. The Bertz CT molecular complexity index is 549. The molecule has 0 fully saturated rings. The molecule has 0 aromatic heterocycles. The van der Waals surface area contributed by atoms with Crippen LogP contribution in [0.3, 0.4) is 0 Å². The first-order valence-electron chi connectivity index (χ1n) is 7.03. The zero-order chi connectivity index (χ0) is 15.8. The lowest BCUT2D eigenvalue weighted by atomic mass is 9.99. The number of hydrogen-bond acceptors (Lipinski definition) is 4. The van der Waals surface area contributed by atoms with Gasteiger partial charge in [0.1, 0.15) is 0 Å². The normalized spacial score (nSPS) is 11.3. The number of carbonyl (C=O) groups excluding carboxylic acids is 1. The molecule has 0 bridgehead atoms. The van der Waals surface area contributed by atoms with Gasteiger partial charge >= 0.3 is 5.97 Å². The molecule has 1 aromatic rings. The summed E-state index contributed by atoms with van der Waals surface area (Å²) >= 11 is 0.